The van der Waals surface area contributed by atoms with Crippen LogP contribution < -0.4 is 10.1 Å². The Morgan fingerprint density at radius 3 is 2.63 bits per heavy atom. The molecule has 2 aromatic carbocycles. The second kappa shape index (κ2) is 8.17. The normalized spacial score (nSPS) is 17.0. The van der Waals surface area contributed by atoms with E-state index in [0.717, 1.165) is 42.8 Å². The number of nitrogens with one attached hydrogen (secondary N) is 1. The first-order valence-corrected chi connectivity index (χ1v) is 9.27. The Kier molecular flexibility index (Phi) is 5.89. The molecule has 1 saturated heterocycles. The van der Waals surface area contributed by atoms with Crippen LogP contribution in [0.3, 0.4) is 0 Å². The summed E-state index contributed by atoms with van der Waals surface area (Å²) in [6, 6.07) is 13.1. The molecule has 2 aromatic rings. The van der Waals surface area contributed by atoms with E-state index in [0.29, 0.717) is 17.4 Å². The molecule has 144 valence electrons. The first-order valence-electron chi connectivity index (χ1n) is 8.86. The molecular formula is C20H21F3N2OS. The molecule has 0 amide bonds. The van der Waals surface area contributed by atoms with Crippen LogP contribution in [0.5, 0.6) is 5.75 Å². The fourth-order valence-corrected chi connectivity index (χ4v) is 3.61. The third-order valence-corrected chi connectivity index (χ3v) is 4.87. The Labute approximate surface area is 162 Å². The maximum absolute atomic E-state index is 12.9. The minimum absolute atomic E-state index is 0.103. The summed E-state index contributed by atoms with van der Waals surface area (Å²) in [5, 5.41) is 3.40. The standard InChI is InChI=1S/C20H21F3N2OS/c1-2-26-17-10-8-14(9-11-17)18-7-4-12-25(18)19(27)24-16-6-3-5-15(13-16)20(21,22)23/h3,5-6,8-11,13,18H,2,4,7,12H2,1H3,(H,24,27). The number of benzene rings is 2. The fraction of sp³-hybridized carbons (Fsp3) is 0.350. The van der Waals surface area contributed by atoms with Crippen molar-refractivity contribution < 1.29 is 17.9 Å². The van der Waals surface area contributed by atoms with Gasteiger partial charge in [0, 0.05) is 12.2 Å². The Bertz CT molecular complexity index is 793. The van der Waals surface area contributed by atoms with Gasteiger partial charge in [0.05, 0.1) is 18.2 Å². The van der Waals surface area contributed by atoms with E-state index in [9.17, 15) is 13.2 Å². The third-order valence-electron chi connectivity index (χ3n) is 4.53. The summed E-state index contributed by atoms with van der Waals surface area (Å²) in [5.41, 5.74) is 0.760. The highest BCUT2D eigenvalue weighted by Crippen LogP contribution is 2.34. The van der Waals surface area contributed by atoms with Crippen molar-refractivity contribution >= 4 is 23.0 Å². The van der Waals surface area contributed by atoms with E-state index >= 15 is 0 Å². The van der Waals surface area contributed by atoms with E-state index in [1.165, 1.54) is 6.07 Å². The van der Waals surface area contributed by atoms with Gasteiger partial charge in [-0.3, -0.25) is 0 Å². The summed E-state index contributed by atoms with van der Waals surface area (Å²) < 4.78 is 44.2. The highest BCUT2D eigenvalue weighted by Gasteiger charge is 2.31. The van der Waals surface area contributed by atoms with Crippen molar-refractivity contribution in [3.8, 4) is 5.75 Å². The summed E-state index contributed by atoms with van der Waals surface area (Å²) in [6.07, 6.45) is -2.46. The predicted molar refractivity (Wildman–Crippen MR) is 104 cm³/mol. The zero-order valence-corrected chi connectivity index (χ0v) is 15.7. The van der Waals surface area contributed by atoms with E-state index in [1.54, 1.807) is 6.07 Å². The number of ether oxygens (including phenoxy) is 1. The quantitative estimate of drug-likeness (QED) is 0.679. The molecule has 0 aliphatic carbocycles. The molecular weight excluding hydrogens is 373 g/mol. The van der Waals surface area contributed by atoms with Gasteiger partial charge in [-0.15, -0.1) is 0 Å². The van der Waals surface area contributed by atoms with E-state index in [4.69, 9.17) is 17.0 Å². The van der Waals surface area contributed by atoms with Crippen LogP contribution in [0, 0.1) is 0 Å². The van der Waals surface area contributed by atoms with Gasteiger partial charge in [-0.1, -0.05) is 18.2 Å². The molecule has 3 rings (SSSR count). The van der Waals surface area contributed by atoms with Crippen LogP contribution in [-0.4, -0.2) is 23.2 Å². The van der Waals surface area contributed by atoms with Crippen LogP contribution in [0.4, 0.5) is 18.9 Å². The summed E-state index contributed by atoms with van der Waals surface area (Å²) in [7, 11) is 0. The van der Waals surface area contributed by atoms with Crippen LogP contribution in [0.1, 0.15) is 36.9 Å². The molecule has 0 bridgehead atoms. The van der Waals surface area contributed by atoms with Crippen molar-refractivity contribution in [2.45, 2.75) is 32.0 Å². The predicted octanol–water partition coefficient (Wildman–Crippen LogP) is 5.64. The lowest BCUT2D eigenvalue weighted by atomic mass is 10.0. The minimum Gasteiger partial charge on any atom is -0.494 e. The number of rotatable bonds is 4. The van der Waals surface area contributed by atoms with Gasteiger partial charge in [-0.25, -0.2) is 0 Å². The molecule has 1 unspecified atom stereocenters. The summed E-state index contributed by atoms with van der Waals surface area (Å²) in [6.45, 7) is 3.31. The first kappa shape index (κ1) is 19.5. The van der Waals surface area contributed by atoms with Crippen LogP contribution >= 0.6 is 12.2 Å². The smallest absolute Gasteiger partial charge is 0.416 e. The van der Waals surface area contributed by atoms with Crippen LogP contribution in [0.15, 0.2) is 48.5 Å². The molecule has 1 atom stereocenters. The Morgan fingerprint density at radius 2 is 1.96 bits per heavy atom. The van der Waals surface area contributed by atoms with Gasteiger partial charge in [-0.05, 0) is 67.9 Å². The minimum atomic E-state index is -4.38. The van der Waals surface area contributed by atoms with Crippen LogP contribution in [0.25, 0.3) is 0 Å². The van der Waals surface area contributed by atoms with Crippen molar-refractivity contribution in [2.75, 3.05) is 18.5 Å². The Morgan fingerprint density at radius 1 is 1.22 bits per heavy atom. The maximum Gasteiger partial charge on any atom is 0.416 e. The van der Waals surface area contributed by atoms with Crippen LogP contribution in [0.2, 0.25) is 0 Å². The fourth-order valence-electron chi connectivity index (χ4n) is 3.28. The summed E-state index contributed by atoms with van der Waals surface area (Å²) >= 11 is 5.49. The van der Waals surface area contributed by atoms with Gasteiger partial charge < -0.3 is 15.0 Å². The molecule has 0 spiro atoms. The van der Waals surface area contributed by atoms with Crippen molar-refractivity contribution in [1.82, 2.24) is 4.90 Å². The average molecular weight is 394 g/mol. The number of likely N-dealkylation sites (tertiary alicyclic amines) is 1. The highest BCUT2D eigenvalue weighted by atomic mass is 32.1. The molecule has 27 heavy (non-hydrogen) atoms. The summed E-state index contributed by atoms with van der Waals surface area (Å²) in [5.74, 6) is 0.815. The SMILES string of the molecule is CCOc1ccc(C2CCCN2C(=S)Nc2cccc(C(F)(F)F)c2)cc1. The molecule has 1 fully saturated rings. The van der Waals surface area contributed by atoms with Crippen molar-refractivity contribution in [1.29, 1.82) is 0 Å². The zero-order valence-electron chi connectivity index (χ0n) is 14.9. The molecule has 0 aromatic heterocycles. The molecule has 1 heterocycles. The van der Waals surface area contributed by atoms with Crippen LogP contribution in [-0.2, 0) is 6.18 Å². The van der Waals surface area contributed by atoms with E-state index < -0.39 is 11.7 Å². The number of thiocarbonyl (C=S) groups is 1. The first-order chi connectivity index (χ1) is 12.9. The lowest BCUT2D eigenvalue weighted by Crippen LogP contribution is -2.34. The molecule has 1 N–H and O–H groups in total. The molecule has 1 aliphatic rings. The molecule has 1 aliphatic heterocycles. The number of anilines is 1. The topological polar surface area (TPSA) is 24.5 Å². The van der Waals surface area contributed by atoms with Gasteiger partial charge in [0.15, 0.2) is 5.11 Å². The van der Waals surface area contributed by atoms with E-state index in [1.807, 2.05) is 36.1 Å². The monoisotopic (exact) mass is 394 g/mol. The van der Waals surface area contributed by atoms with Crippen molar-refractivity contribution in [3.05, 3.63) is 59.7 Å². The van der Waals surface area contributed by atoms with Crippen molar-refractivity contribution in [2.24, 2.45) is 0 Å². The average Bonchev–Trinajstić information content (AvgIpc) is 3.12. The summed E-state index contributed by atoms with van der Waals surface area (Å²) in [4.78, 5) is 2.03. The highest BCUT2D eigenvalue weighted by molar-refractivity contribution is 7.80. The van der Waals surface area contributed by atoms with E-state index in [2.05, 4.69) is 5.32 Å². The zero-order chi connectivity index (χ0) is 19.4. The maximum atomic E-state index is 12.9. The Hall–Kier alpha value is -2.28. The van der Waals surface area contributed by atoms with Gasteiger partial charge in [0.25, 0.3) is 0 Å². The number of halogens is 3. The van der Waals surface area contributed by atoms with E-state index in [-0.39, 0.29) is 6.04 Å². The van der Waals surface area contributed by atoms with Crippen molar-refractivity contribution in [3.63, 3.8) is 0 Å². The Balaban J connectivity index is 1.72. The molecule has 0 radical (unpaired) electrons. The van der Waals surface area contributed by atoms with Gasteiger partial charge >= 0.3 is 6.18 Å². The van der Waals surface area contributed by atoms with Gasteiger partial charge in [0.2, 0.25) is 0 Å². The molecule has 3 nitrogen and oxygen atoms in total. The second-order valence-electron chi connectivity index (χ2n) is 6.36. The lowest BCUT2D eigenvalue weighted by molar-refractivity contribution is -0.137. The largest absolute Gasteiger partial charge is 0.494 e. The molecule has 0 saturated carbocycles. The number of alkyl halides is 3. The lowest BCUT2D eigenvalue weighted by Gasteiger charge is -2.28. The van der Waals surface area contributed by atoms with Gasteiger partial charge in [-0.2, -0.15) is 13.2 Å². The second-order valence-corrected chi connectivity index (χ2v) is 6.75. The number of hydrogen-bond donors (Lipinski definition) is 1. The number of nitrogens with zero attached hydrogens (tertiary/aromatic N) is 1. The third kappa shape index (κ3) is 4.71. The van der Waals surface area contributed by atoms with Gasteiger partial charge in [0.1, 0.15) is 5.75 Å². The molecule has 7 heteroatoms. The number of hydrogen-bond acceptors (Lipinski definition) is 2.